The molecule has 1 heterocycles. The highest BCUT2D eigenvalue weighted by Crippen LogP contribution is 2.29. The van der Waals surface area contributed by atoms with Crippen LogP contribution >= 0.6 is 12.6 Å². The van der Waals surface area contributed by atoms with E-state index in [9.17, 15) is 9.18 Å². The van der Waals surface area contributed by atoms with Crippen LogP contribution in [0.1, 0.15) is 15.9 Å². The summed E-state index contributed by atoms with van der Waals surface area (Å²) >= 11 is 4.38. The number of anilines is 1. The summed E-state index contributed by atoms with van der Waals surface area (Å²) < 4.78 is 13.3. The quantitative estimate of drug-likeness (QED) is 0.299. The number of hydrogen-bond donors (Lipinski definition) is 4. The molecule has 4 rings (SSSR count). The second kappa shape index (κ2) is 7.40. The average Bonchev–Trinajstić information content (AvgIpc) is 3.11. The van der Waals surface area contributed by atoms with Gasteiger partial charge < -0.3 is 16.0 Å². The maximum Gasteiger partial charge on any atom is 0.253 e. The van der Waals surface area contributed by atoms with Crippen molar-refractivity contribution in [3.63, 3.8) is 0 Å². The van der Waals surface area contributed by atoms with E-state index in [4.69, 9.17) is 5.73 Å². The first kappa shape index (κ1) is 18.1. The molecule has 0 aliphatic heterocycles. The molecule has 0 unspecified atom stereocenters. The van der Waals surface area contributed by atoms with Crippen LogP contribution in [0, 0.1) is 5.82 Å². The van der Waals surface area contributed by atoms with Crippen LogP contribution in [0.3, 0.4) is 0 Å². The fraction of sp³-hybridized carbons (Fsp3) is 0.0455. The number of nitrogen functional groups attached to an aromatic ring is 1. The minimum atomic E-state index is -0.324. The zero-order valence-electron chi connectivity index (χ0n) is 14.9. The summed E-state index contributed by atoms with van der Waals surface area (Å²) in [5, 5.41) is 3.65. The lowest BCUT2D eigenvalue weighted by atomic mass is 10.0. The van der Waals surface area contributed by atoms with Crippen LogP contribution in [0.4, 0.5) is 10.1 Å². The maximum atomic E-state index is 13.3. The van der Waals surface area contributed by atoms with Gasteiger partial charge in [0.1, 0.15) is 5.82 Å². The Kier molecular flexibility index (Phi) is 4.79. The molecule has 6 heteroatoms. The van der Waals surface area contributed by atoms with Gasteiger partial charge in [0.05, 0.1) is 5.56 Å². The summed E-state index contributed by atoms with van der Waals surface area (Å²) in [6, 6.07) is 17.7. The number of aromatic amines is 1. The van der Waals surface area contributed by atoms with Gasteiger partial charge in [0.25, 0.3) is 5.91 Å². The minimum Gasteiger partial charge on any atom is -0.398 e. The standard InChI is InChI=1S/C22H18FN3OS/c23-16-3-1-2-13(8-16)11-26-22(27)18-12-25-20-7-5-14(9-17(18)20)15-4-6-19(24)21(28)10-15/h1-10,12,25,28H,11,24H2,(H,26,27). The molecule has 1 amide bonds. The van der Waals surface area contributed by atoms with Gasteiger partial charge in [0.2, 0.25) is 0 Å². The third-order valence-electron chi connectivity index (χ3n) is 4.63. The van der Waals surface area contributed by atoms with Gasteiger partial charge in [-0.25, -0.2) is 4.39 Å². The van der Waals surface area contributed by atoms with Crippen molar-refractivity contribution in [2.75, 3.05) is 5.73 Å². The van der Waals surface area contributed by atoms with Crippen molar-refractivity contribution in [2.24, 2.45) is 0 Å². The Hall–Kier alpha value is -3.25. The van der Waals surface area contributed by atoms with Gasteiger partial charge in [-0.1, -0.05) is 24.3 Å². The molecule has 28 heavy (non-hydrogen) atoms. The molecule has 0 saturated heterocycles. The Balaban J connectivity index is 1.62. The Morgan fingerprint density at radius 1 is 1.07 bits per heavy atom. The lowest BCUT2D eigenvalue weighted by molar-refractivity contribution is 0.0952. The molecule has 0 fully saturated rings. The zero-order chi connectivity index (χ0) is 19.7. The van der Waals surface area contributed by atoms with E-state index >= 15 is 0 Å². The number of fused-ring (bicyclic) bond motifs is 1. The summed E-state index contributed by atoms with van der Waals surface area (Å²) in [4.78, 5) is 16.5. The van der Waals surface area contributed by atoms with Gasteiger partial charge in [-0.05, 0) is 53.1 Å². The maximum absolute atomic E-state index is 13.3. The molecule has 0 aliphatic rings. The van der Waals surface area contributed by atoms with Crippen molar-refractivity contribution >= 4 is 35.1 Å². The number of H-pyrrole nitrogens is 1. The molecule has 0 spiro atoms. The number of carbonyl (C=O) groups is 1. The molecule has 0 radical (unpaired) electrons. The van der Waals surface area contributed by atoms with E-state index in [1.165, 1.54) is 12.1 Å². The van der Waals surface area contributed by atoms with Crippen LogP contribution in [0.25, 0.3) is 22.0 Å². The number of nitrogens with two attached hydrogens (primary N) is 1. The first-order valence-corrected chi connectivity index (χ1v) is 9.18. The molecular weight excluding hydrogens is 373 g/mol. The van der Waals surface area contributed by atoms with E-state index in [1.807, 2.05) is 36.4 Å². The summed E-state index contributed by atoms with van der Waals surface area (Å²) in [6.45, 7) is 0.254. The van der Waals surface area contributed by atoms with E-state index in [2.05, 4.69) is 22.9 Å². The predicted molar refractivity (Wildman–Crippen MR) is 113 cm³/mol. The number of halogens is 1. The number of nitrogens with one attached hydrogen (secondary N) is 2. The lowest BCUT2D eigenvalue weighted by Gasteiger charge is -2.07. The van der Waals surface area contributed by atoms with E-state index in [1.54, 1.807) is 18.3 Å². The fourth-order valence-electron chi connectivity index (χ4n) is 3.14. The first-order valence-electron chi connectivity index (χ1n) is 8.74. The highest BCUT2D eigenvalue weighted by molar-refractivity contribution is 7.80. The molecule has 0 atom stereocenters. The van der Waals surface area contributed by atoms with Crippen molar-refractivity contribution < 1.29 is 9.18 Å². The minimum absolute atomic E-state index is 0.222. The summed E-state index contributed by atoms with van der Waals surface area (Å²) in [7, 11) is 0. The molecule has 1 aromatic heterocycles. The Morgan fingerprint density at radius 2 is 1.86 bits per heavy atom. The molecule has 140 valence electrons. The van der Waals surface area contributed by atoms with Gasteiger partial charge >= 0.3 is 0 Å². The van der Waals surface area contributed by atoms with Crippen LogP contribution in [-0.2, 0) is 6.54 Å². The van der Waals surface area contributed by atoms with Gasteiger partial charge in [0, 0.05) is 34.2 Å². The van der Waals surface area contributed by atoms with E-state index in [0.29, 0.717) is 21.7 Å². The highest BCUT2D eigenvalue weighted by Gasteiger charge is 2.13. The summed E-state index contributed by atoms with van der Waals surface area (Å²) in [5.41, 5.74) is 10.5. The number of amides is 1. The SMILES string of the molecule is Nc1ccc(-c2ccc3[nH]cc(C(=O)NCc4cccc(F)c4)c3c2)cc1S. The second-order valence-corrected chi connectivity index (χ2v) is 7.03. The van der Waals surface area contributed by atoms with Gasteiger partial charge in [-0.2, -0.15) is 0 Å². The Bertz CT molecular complexity index is 1190. The van der Waals surface area contributed by atoms with Crippen molar-refractivity contribution in [2.45, 2.75) is 11.4 Å². The topological polar surface area (TPSA) is 70.9 Å². The number of benzene rings is 3. The molecule has 0 aliphatic carbocycles. The normalized spacial score (nSPS) is 10.9. The third-order valence-corrected chi connectivity index (χ3v) is 5.02. The summed E-state index contributed by atoms with van der Waals surface area (Å²) in [6.07, 6.45) is 1.68. The Labute approximate surface area is 167 Å². The van der Waals surface area contributed by atoms with Crippen molar-refractivity contribution in [3.8, 4) is 11.1 Å². The number of carbonyl (C=O) groups excluding carboxylic acids is 1. The molecule has 0 saturated carbocycles. The zero-order valence-corrected chi connectivity index (χ0v) is 15.8. The lowest BCUT2D eigenvalue weighted by Crippen LogP contribution is -2.22. The van der Waals surface area contributed by atoms with Crippen LogP contribution in [-0.4, -0.2) is 10.9 Å². The second-order valence-electron chi connectivity index (χ2n) is 6.55. The monoisotopic (exact) mass is 391 g/mol. The van der Waals surface area contributed by atoms with Gasteiger partial charge in [-0.15, -0.1) is 12.6 Å². The van der Waals surface area contributed by atoms with E-state index in [0.717, 1.165) is 22.0 Å². The molecule has 4 aromatic rings. The van der Waals surface area contributed by atoms with Crippen molar-refractivity contribution in [1.82, 2.24) is 10.3 Å². The number of aromatic nitrogens is 1. The number of rotatable bonds is 4. The third kappa shape index (κ3) is 3.59. The molecule has 3 aromatic carbocycles. The van der Waals surface area contributed by atoms with Gasteiger partial charge in [0.15, 0.2) is 0 Å². The van der Waals surface area contributed by atoms with Crippen LogP contribution in [0.15, 0.2) is 71.8 Å². The highest BCUT2D eigenvalue weighted by atomic mass is 32.1. The largest absolute Gasteiger partial charge is 0.398 e. The summed E-state index contributed by atoms with van der Waals surface area (Å²) in [5.74, 6) is -0.546. The van der Waals surface area contributed by atoms with Crippen LogP contribution in [0.2, 0.25) is 0 Å². The predicted octanol–water partition coefficient (Wildman–Crippen LogP) is 4.77. The molecule has 0 bridgehead atoms. The average molecular weight is 391 g/mol. The fourth-order valence-corrected chi connectivity index (χ4v) is 3.35. The molecular formula is C22H18FN3OS. The van der Waals surface area contributed by atoms with Crippen molar-refractivity contribution in [3.05, 3.63) is 83.8 Å². The molecule has 4 nitrogen and oxygen atoms in total. The molecule has 4 N–H and O–H groups in total. The van der Waals surface area contributed by atoms with E-state index in [-0.39, 0.29) is 18.3 Å². The smallest absolute Gasteiger partial charge is 0.253 e. The van der Waals surface area contributed by atoms with Crippen molar-refractivity contribution in [1.29, 1.82) is 0 Å². The number of thiol groups is 1. The number of hydrogen-bond acceptors (Lipinski definition) is 3. The van der Waals surface area contributed by atoms with Crippen LogP contribution < -0.4 is 11.1 Å². The first-order chi connectivity index (χ1) is 13.5. The Morgan fingerprint density at radius 3 is 2.64 bits per heavy atom. The van der Waals surface area contributed by atoms with E-state index < -0.39 is 0 Å². The van der Waals surface area contributed by atoms with Crippen LogP contribution in [0.5, 0.6) is 0 Å². The van der Waals surface area contributed by atoms with Gasteiger partial charge in [-0.3, -0.25) is 4.79 Å².